The van der Waals surface area contributed by atoms with E-state index in [9.17, 15) is 9.59 Å². The van der Waals surface area contributed by atoms with Gasteiger partial charge in [0, 0.05) is 23.6 Å². The van der Waals surface area contributed by atoms with Crippen LogP contribution in [-0.4, -0.2) is 28.2 Å². The molecule has 6 heteroatoms. The van der Waals surface area contributed by atoms with Crippen LogP contribution in [0.2, 0.25) is 0 Å². The van der Waals surface area contributed by atoms with Gasteiger partial charge >= 0.3 is 0 Å². The second kappa shape index (κ2) is 5.53. The zero-order valence-electron chi connectivity index (χ0n) is 13.6. The van der Waals surface area contributed by atoms with Crippen LogP contribution >= 0.6 is 0 Å². The summed E-state index contributed by atoms with van der Waals surface area (Å²) in [4.78, 5) is 24.1. The largest absolute Gasteiger partial charge is 0.285 e. The molecule has 6 nitrogen and oxygen atoms in total. The molecule has 0 radical (unpaired) electrons. The average molecular weight is 302 g/mol. The fraction of sp³-hybridized carbons (Fsp3) is 0.438. The quantitative estimate of drug-likeness (QED) is 0.838. The molecule has 1 atom stereocenters. The van der Waals surface area contributed by atoms with Crippen molar-refractivity contribution in [2.75, 3.05) is 0 Å². The summed E-state index contributed by atoms with van der Waals surface area (Å²) in [5.74, 6) is -0.445. The Bertz CT molecular complexity index is 624. The summed E-state index contributed by atoms with van der Waals surface area (Å²) in [6.45, 7) is 9.14. The fourth-order valence-electron chi connectivity index (χ4n) is 2.43. The number of amides is 2. The fourth-order valence-corrected chi connectivity index (χ4v) is 2.43. The molecule has 1 unspecified atom stereocenters. The molecule has 2 amide bonds. The van der Waals surface area contributed by atoms with Crippen molar-refractivity contribution in [3.63, 3.8) is 0 Å². The summed E-state index contributed by atoms with van der Waals surface area (Å²) < 4.78 is 0. The lowest BCUT2D eigenvalue weighted by molar-refractivity contribution is -0.138. The van der Waals surface area contributed by atoms with Crippen LogP contribution in [0.25, 0.3) is 0 Å². The normalized spacial score (nSPS) is 23.1. The van der Waals surface area contributed by atoms with Crippen LogP contribution in [0.5, 0.6) is 0 Å². The number of hydrogen-bond donors (Lipinski definition) is 2. The third-order valence-electron chi connectivity index (χ3n) is 4.55. The van der Waals surface area contributed by atoms with Gasteiger partial charge in [0.1, 0.15) is 5.66 Å². The van der Waals surface area contributed by atoms with Gasteiger partial charge in [-0.15, -0.1) is 0 Å². The predicted octanol–water partition coefficient (Wildman–Crippen LogP) is 1.90. The van der Waals surface area contributed by atoms with Gasteiger partial charge in [0.15, 0.2) is 0 Å². The van der Waals surface area contributed by atoms with Crippen molar-refractivity contribution < 1.29 is 9.59 Å². The van der Waals surface area contributed by atoms with Gasteiger partial charge < -0.3 is 0 Å². The number of benzene rings is 1. The number of carbonyl (C=O) groups excluding carboxylic acids is 2. The molecule has 0 bridgehead atoms. The van der Waals surface area contributed by atoms with Gasteiger partial charge in [-0.1, -0.05) is 32.0 Å². The number of carbonyl (C=O) groups is 2. The maximum atomic E-state index is 12.2. The zero-order chi connectivity index (χ0) is 16.5. The lowest BCUT2D eigenvalue weighted by Crippen LogP contribution is -2.66. The standard InChI is InChI=1S/C16H22N4O2/c1-11-15(3,4)16(5,20(18-11)12(2)21)19-17-14(22)13-9-7-6-8-10-13/h6-10,19H,1-5H3,(H,17,22). The number of nitrogens with zero attached hydrogens (tertiary/aromatic N) is 2. The molecule has 1 aromatic carbocycles. The van der Waals surface area contributed by atoms with E-state index < -0.39 is 11.1 Å². The molecule has 0 saturated heterocycles. The van der Waals surface area contributed by atoms with E-state index in [1.807, 2.05) is 33.8 Å². The Kier molecular flexibility index (Phi) is 4.06. The Balaban J connectivity index is 2.19. The number of hydrazone groups is 1. The van der Waals surface area contributed by atoms with Crippen LogP contribution in [0.3, 0.4) is 0 Å². The SMILES string of the molecule is CC(=O)N1N=C(C)C(C)(C)C1(C)NNC(=O)c1ccccc1. The summed E-state index contributed by atoms with van der Waals surface area (Å²) in [7, 11) is 0. The number of hydrazine groups is 1. The van der Waals surface area contributed by atoms with Gasteiger partial charge in [-0.2, -0.15) is 5.10 Å². The molecule has 1 aromatic rings. The zero-order valence-corrected chi connectivity index (χ0v) is 13.6. The van der Waals surface area contributed by atoms with E-state index in [1.165, 1.54) is 11.9 Å². The second-order valence-electron chi connectivity index (χ2n) is 6.16. The summed E-state index contributed by atoms with van der Waals surface area (Å²) >= 11 is 0. The van der Waals surface area contributed by atoms with Crippen LogP contribution in [0, 0.1) is 5.41 Å². The van der Waals surface area contributed by atoms with Gasteiger partial charge in [0.2, 0.25) is 5.91 Å². The van der Waals surface area contributed by atoms with Gasteiger partial charge in [0.25, 0.3) is 5.91 Å². The molecule has 2 N–H and O–H groups in total. The number of nitrogens with one attached hydrogen (secondary N) is 2. The molecule has 1 aliphatic heterocycles. The van der Waals surface area contributed by atoms with Gasteiger partial charge in [-0.05, 0) is 26.0 Å². The van der Waals surface area contributed by atoms with E-state index in [1.54, 1.807) is 24.3 Å². The molecule has 1 heterocycles. The second-order valence-corrected chi connectivity index (χ2v) is 6.16. The maximum absolute atomic E-state index is 12.2. The van der Waals surface area contributed by atoms with E-state index >= 15 is 0 Å². The first-order valence-electron chi connectivity index (χ1n) is 7.19. The molecular weight excluding hydrogens is 280 g/mol. The third-order valence-corrected chi connectivity index (χ3v) is 4.55. The first-order valence-corrected chi connectivity index (χ1v) is 7.19. The van der Waals surface area contributed by atoms with Crippen molar-refractivity contribution in [2.45, 2.75) is 40.3 Å². The summed E-state index contributed by atoms with van der Waals surface area (Å²) in [6.07, 6.45) is 0. The van der Waals surface area contributed by atoms with Crippen molar-refractivity contribution in [3.05, 3.63) is 35.9 Å². The molecule has 2 rings (SSSR count). The van der Waals surface area contributed by atoms with Crippen LogP contribution in [0.15, 0.2) is 35.4 Å². The molecule has 1 aliphatic rings. The molecule has 0 spiro atoms. The molecule has 0 aliphatic carbocycles. The Hall–Kier alpha value is -2.21. The predicted molar refractivity (Wildman–Crippen MR) is 84.9 cm³/mol. The minimum Gasteiger partial charge on any atom is -0.285 e. The molecule has 118 valence electrons. The van der Waals surface area contributed by atoms with Gasteiger partial charge in [-0.25, -0.2) is 10.4 Å². The molecule has 0 aromatic heterocycles. The highest BCUT2D eigenvalue weighted by Gasteiger charge is 2.54. The van der Waals surface area contributed by atoms with Crippen LogP contribution in [0.4, 0.5) is 0 Å². The highest BCUT2D eigenvalue weighted by atomic mass is 16.2. The molecule has 0 saturated carbocycles. The van der Waals surface area contributed by atoms with Crippen LogP contribution in [-0.2, 0) is 4.79 Å². The van der Waals surface area contributed by atoms with Crippen molar-refractivity contribution in [1.82, 2.24) is 15.9 Å². The lowest BCUT2D eigenvalue weighted by atomic mass is 9.77. The Morgan fingerprint density at radius 2 is 1.73 bits per heavy atom. The highest BCUT2D eigenvalue weighted by molar-refractivity contribution is 5.95. The van der Waals surface area contributed by atoms with Gasteiger partial charge in [0.05, 0.1) is 0 Å². The highest BCUT2D eigenvalue weighted by Crippen LogP contribution is 2.40. The van der Waals surface area contributed by atoms with Crippen molar-refractivity contribution in [2.24, 2.45) is 10.5 Å². The summed E-state index contributed by atoms with van der Waals surface area (Å²) in [5.41, 5.74) is 5.79. The van der Waals surface area contributed by atoms with Crippen LogP contribution < -0.4 is 10.9 Å². The minimum atomic E-state index is -0.840. The monoisotopic (exact) mass is 302 g/mol. The van der Waals surface area contributed by atoms with E-state index in [0.717, 1.165) is 5.71 Å². The first kappa shape index (κ1) is 16.2. The number of hydrogen-bond acceptors (Lipinski definition) is 4. The molecule has 0 fully saturated rings. The number of rotatable bonds is 3. The summed E-state index contributed by atoms with van der Waals surface area (Å²) in [6, 6.07) is 8.89. The smallest absolute Gasteiger partial charge is 0.265 e. The van der Waals surface area contributed by atoms with E-state index in [2.05, 4.69) is 16.0 Å². The Labute approximate surface area is 130 Å². The van der Waals surface area contributed by atoms with E-state index in [0.29, 0.717) is 5.56 Å². The van der Waals surface area contributed by atoms with Crippen molar-refractivity contribution >= 4 is 17.5 Å². The first-order chi connectivity index (χ1) is 10.2. The maximum Gasteiger partial charge on any atom is 0.265 e. The molecule has 22 heavy (non-hydrogen) atoms. The summed E-state index contributed by atoms with van der Waals surface area (Å²) in [5, 5.41) is 5.71. The van der Waals surface area contributed by atoms with E-state index in [4.69, 9.17) is 0 Å². The van der Waals surface area contributed by atoms with Gasteiger partial charge in [-0.3, -0.25) is 15.0 Å². The Morgan fingerprint density at radius 3 is 2.27 bits per heavy atom. The average Bonchev–Trinajstić information content (AvgIpc) is 2.66. The van der Waals surface area contributed by atoms with E-state index in [-0.39, 0.29) is 11.8 Å². The third kappa shape index (κ3) is 2.50. The van der Waals surface area contributed by atoms with Crippen molar-refractivity contribution in [1.29, 1.82) is 0 Å². The lowest BCUT2D eigenvalue weighted by Gasteiger charge is -2.42. The topological polar surface area (TPSA) is 73.8 Å². The Morgan fingerprint density at radius 1 is 1.14 bits per heavy atom. The minimum absolute atomic E-state index is 0.186. The van der Waals surface area contributed by atoms with Crippen molar-refractivity contribution in [3.8, 4) is 0 Å². The van der Waals surface area contributed by atoms with Crippen LogP contribution in [0.1, 0.15) is 45.0 Å². The molecular formula is C16H22N4O2.